The highest BCUT2D eigenvalue weighted by atomic mass is 32.1. The van der Waals surface area contributed by atoms with Gasteiger partial charge in [0.05, 0.1) is 4.92 Å². The van der Waals surface area contributed by atoms with Crippen molar-refractivity contribution in [1.82, 2.24) is 9.97 Å². The van der Waals surface area contributed by atoms with Crippen LogP contribution in [-0.4, -0.2) is 21.4 Å². The van der Waals surface area contributed by atoms with Gasteiger partial charge in [-0.25, -0.2) is 4.98 Å². The summed E-state index contributed by atoms with van der Waals surface area (Å²) in [5, 5.41) is 15.7. The lowest BCUT2D eigenvalue weighted by molar-refractivity contribution is -0.386. The molecule has 0 bridgehead atoms. The summed E-state index contributed by atoms with van der Waals surface area (Å²) in [5.74, 6) is 0.290. The van der Waals surface area contributed by atoms with E-state index < -0.39 is 4.92 Å². The normalized spacial score (nSPS) is 10.2. The summed E-state index contributed by atoms with van der Waals surface area (Å²) in [5.41, 5.74) is -0.238. The Morgan fingerprint density at radius 2 is 2.42 bits per heavy atom. The molecule has 0 unspecified atom stereocenters. The SMILES string of the molecule is CCNc1ncc([N+](=O)[O-])c(OCc2cccs2)n1. The number of ether oxygens (including phenoxy) is 1. The minimum Gasteiger partial charge on any atom is -0.467 e. The van der Waals surface area contributed by atoms with Crippen LogP contribution in [0.1, 0.15) is 11.8 Å². The molecule has 0 atom stereocenters. The molecule has 0 fully saturated rings. The molecular formula is C11H12N4O3S. The van der Waals surface area contributed by atoms with Gasteiger partial charge in [0, 0.05) is 11.4 Å². The van der Waals surface area contributed by atoms with E-state index in [-0.39, 0.29) is 18.2 Å². The predicted octanol–water partition coefficient (Wildman–Crippen LogP) is 2.46. The number of nitrogens with zero attached hydrogens (tertiary/aromatic N) is 3. The molecule has 2 aromatic heterocycles. The zero-order chi connectivity index (χ0) is 13.7. The first-order valence-electron chi connectivity index (χ1n) is 5.61. The fourth-order valence-electron chi connectivity index (χ4n) is 1.37. The average Bonchev–Trinajstić information content (AvgIpc) is 2.89. The van der Waals surface area contributed by atoms with Gasteiger partial charge in [0.25, 0.3) is 5.88 Å². The van der Waals surface area contributed by atoms with Crippen molar-refractivity contribution >= 4 is 23.0 Å². The summed E-state index contributed by atoms with van der Waals surface area (Å²) in [4.78, 5) is 19.1. The molecule has 0 radical (unpaired) electrons. The van der Waals surface area contributed by atoms with E-state index in [2.05, 4.69) is 15.3 Å². The van der Waals surface area contributed by atoms with E-state index in [0.29, 0.717) is 12.5 Å². The minimum absolute atomic E-state index is 0.0237. The van der Waals surface area contributed by atoms with Crippen molar-refractivity contribution in [2.24, 2.45) is 0 Å². The molecule has 7 nitrogen and oxygen atoms in total. The van der Waals surface area contributed by atoms with E-state index in [0.717, 1.165) is 11.1 Å². The van der Waals surface area contributed by atoms with Crippen LogP contribution in [0.15, 0.2) is 23.7 Å². The first kappa shape index (κ1) is 13.2. The summed E-state index contributed by atoms with van der Waals surface area (Å²) in [6, 6.07) is 3.78. The van der Waals surface area contributed by atoms with Gasteiger partial charge in [0.2, 0.25) is 5.95 Å². The van der Waals surface area contributed by atoms with Crippen molar-refractivity contribution in [1.29, 1.82) is 0 Å². The van der Waals surface area contributed by atoms with E-state index in [9.17, 15) is 10.1 Å². The number of anilines is 1. The number of nitro groups is 1. The first-order chi connectivity index (χ1) is 9.20. The van der Waals surface area contributed by atoms with Crippen LogP contribution in [0, 0.1) is 10.1 Å². The second-order valence-electron chi connectivity index (χ2n) is 3.54. The molecule has 2 aromatic rings. The molecule has 19 heavy (non-hydrogen) atoms. The second kappa shape index (κ2) is 6.10. The van der Waals surface area contributed by atoms with Gasteiger partial charge in [-0.05, 0) is 18.4 Å². The Hall–Kier alpha value is -2.22. The highest BCUT2D eigenvalue weighted by Gasteiger charge is 2.19. The van der Waals surface area contributed by atoms with Crippen molar-refractivity contribution < 1.29 is 9.66 Å². The van der Waals surface area contributed by atoms with Gasteiger partial charge >= 0.3 is 5.69 Å². The Labute approximate surface area is 113 Å². The zero-order valence-corrected chi connectivity index (χ0v) is 11.0. The molecule has 0 saturated heterocycles. The second-order valence-corrected chi connectivity index (χ2v) is 4.57. The van der Waals surface area contributed by atoms with Crippen LogP contribution in [-0.2, 0) is 6.61 Å². The maximum absolute atomic E-state index is 10.9. The fourth-order valence-corrected chi connectivity index (χ4v) is 1.98. The van der Waals surface area contributed by atoms with E-state index in [1.807, 2.05) is 24.4 Å². The Kier molecular flexibility index (Phi) is 4.24. The monoisotopic (exact) mass is 280 g/mol. The Morgan fingerprint density at radius 1 is 1.58 bits per heavy atom. The zero-order valence-electron chi connectivity index (χ0n) is 10.2. The number of hydrogen-bond acceptors (Lipinski definition) is 7. The van der Waals surface area contributed by atoms with Gasteiger partial charge in [-0.1, -0.05) is 6.07 Å². The summed E-state index contributed by atoms with van der Waals surface area (Å²) in [6.07, 6.45) is 1.15. The Balaban J connectivity index is 2.19. The standard InChI is InChI=1S/C11H12N4O3S/c1-2-12-11-13-6-9(15(16)17)10(14-11)18-7-8-4-3-5-19-8/h3-6H,2,7H2,1H3,(H,12,13,14). The molecule has 100 valence electrons. The van der Waals surface area contributed by atoms with Gasteiger partial charge in [0.1, 0.15) is 12.8 Å². The molecule has 0 aliphatic heterocycles. The Morgan fingerprint density at radius 3 is 3.05 bits per heavy atom. The van der Waals surface area contributed by atoms with Crippen molar-refractivity contribution in [3.8, 4) is 5.88 Å². The fraction of sp³-hybridized carbons (Fsp3) is 0.273. The molecule has 0 amide bonds. The molecule has 2 rings (SSSR count). The van der Waals surface area contributed by atoms with Gasteiger partial charge in [-0.3, -0.25) is 10.1 Å². The number of nitrogens with one attached hydrogen (secondary N) is 1. The van der Waals surface area contributed by atoms with Crippen LogP contribution in [0.2, 0.25) is 0 Å². The molecule has 0 aliphatic rings. The third-order valence-electron chi connectivity index (χ3n) is 2.20. The van der Waals surface area contributed by atoms with E-state index >= 15 is 0 Å². The van der Waals surface area contributed by atoms with E-state index in [1.165, 1.54) is 11.3 Å². The predicted molar refractivity (Wildman–Crippen MR) is 71.5 cm³/mol. The summed E-state index contributed by atoms with van der Waals surface area (Å²) in [6.45, 7) is 2.76. The van der Waals surface area contributed by atoms with Crippen LogP contribution in [0.4, 0.5) is 11.6 Å². The van der Waals surface area contributed by atoms with Crippen molar-refractivity contribution in [3.63, 3.8) is 0 Å². The van der Waals surface area contributed by atoms with Crippen LogP contribution in [0.5, 0.6) is 5.88 Å². The minimum atomic E-state index is -0.556. The summed E-state index contributed by atoms with van der Waals surface area (Å²) in [7, 11) is 0. The van der Waals surface area contributed by atoms with E-state index in [1.54, 1.807) is 0 Å². The lowest BCUT2D eigenvalue weighted by atomic mass is 10.5. The highest BCUT2D eigenvalue weighted by Crippen LogP contribution is 2.25. The summed E-state index contributed by atoms with van der Waals surface area (Å²) < 4.78 is 5.41. The number of rotatable bonds is 6. The third-order valence-corrected chi connectivity index (χ3v) is 3.05. The van der Waals surface area contributed by atoms with Crippen LogP contribution in [0.3, 0.4) is 0 Å². The van der Waals surface area contributed by atoms with Crippen molar-refractivity contribution in [2.75, 3.05) is 11.9 Å². The highest BCUT2D eigenvalue weighted by molar-refractivity contribution is 7.09. The third kappa shape index (κ3) is 3.38. The lowest BCUT2D eigenvalue weighted by Gasteiger charge is -2.06. The van der Waals surface area contributed by atoms with Crippen LogP contribution >= 0.6 is 11.3 Å². The quantitative estimate of drug-likeness (QED) is 0.645. The first-order valence-corrected chi connectivity index (χ1v) is 6.49. The lowest BCUT2D eigenvalue weighted by Crippen LogP contribution is -2.06. The number of aromatic nitrogens is 2. The average molecular weight is 280 g/mol. The van der Waals surface area contributed by atoms with Gasteiger partial charge in [-0.2, -0.15) is 4.98 Å². The smallest absolute Gasteiger partial charge is 0.349 e. The number of hydrogen-bond donors (Lipinski definition) is 1. The van der Waals surface area contributed by atoms with Crippen LogP contribution in [0.25, 0.3) is 0 Å². The maximum Gasteiger partial charge on any atom is 0.349 e. The molecule has 0 aromatic carbocycles. The molecule has 0 spiro atoms. The van der Waals surface area contributed by atoms with Crippen molar-refractivity contribution in [3.05, 3.63) is 38.7 Å². The molecule has 2 heterocycles. The van der Waals surface area contributed by atoms with Gasteiger partial charge in [0.15, 0.2) is 0 Å². The van der Waals surface area contributed by atoms with Crippen molar-refractivity contribution in [2.45, 2.75) is 13.5 Å². The Bertz CT molecular complexity index is 559. The molecular weight excluding hydrogens is 268 g/mol. The maximum atomic E-state index is 10.9. The molecule has 8 heteroatoms. The molecule has 0 saturated carbocycles. The largest absolute Gasteiger partial charge is 0.467 e. The molecule has 0 aliphatic carbocycles. The molecule has 1 N–H and O–H groups in total. The summed E-state index contributed by atoms with van der Waals surface area (Å²) >= 11 is 1.52. The van der Waals surface area contributed by atoms with Crippen LogP contribution < -0.4 is 10.1 Å². The van der Waals surface area contributed by atoms with E-state index in [4.69, 9.17) is 4.74 Å². The topological polar surface area (TPSA) is 90.2 Å². The number of thiophene rings is 1. The van der Waals surface area contributed by atoms with Gasteiger partial charge < -0.3 is 10.1 Å². The van der Waals surface area contributed by atoms with Gasteiger partial charge in [-0.15, -0.1) is 11.3 Å².